The normalized spacial score (nSPS) is 14.2. The zero-order chi connectivity index (χ0) is 33.8. The maximum absolute atomic E-state index is 13.5. The molecule has 0 saturated carbocycles. The van der Waals surface area contributed by atoms with Gasteiger partial charge >= 0.3 is 6.18 Å². The van der Waals surface area contributed by atoms with Crippen LogP contribution in [0, 0.1) is 0 Å². The van der Waals surface area contributed by atoms with E-state index in [0.717, 1.165) is 76.0 Å². The molecule has 0 unspecified atom stereocenters. The molecule has 2 amide bonds. The van der Waals surface area contributed by atoms with Crippen LogP contribution in [-0.4, -0.2) is 73.7 Å². The second-order valence-electron chi connectivity index (χ2n) is 11.9. The highest BCUT2D eigenvalue weighted by atomic mass is 32.2. The van der Waals surface area contributed by atoms with Gasteiger partial charge in [-0.3, -0.25) is 9.59 Å². The second kappa shape index (κ2) is 17.6. The van der Waals surface area contributed by atoms with Crippen LogP contribution < -0.4 is 10.1 Å². The van der Waals surface area contributed by atoms with E-state index in [2.05, 4.69) is 22.5 Å². The predicted molar refractivity (Wildman–Crippen MR) is 183 cm³/mol. The molecule has 3 aromatic rings. The number of carbonyl (C=O) groups is 2. The van der Waals surface area contributed by atoms with Crippen molar-refractivity contribution in [3.63, 3.8) is 0 Å². The first-order valence-corrected chi connectivity index (χ1v) is 17.7. The molecule has 1 fully saturated rings. The molecule has 4 rings (SSSR count). The quantitative estimate of drug-likeness (QED) is 0.132. The minimum atomic E-state index is -4.41. The van der Waals surface area contributed by atoms with E-state index in [1.165, 1.54) is 22.6 Å². The molecule has 6 nitrogen and oxygen atoms in total. The minimum absolute atomic E-state index is 0.0815. The molecule has 1 heterocycles. The molecule has 254 valence electrons. The van der Waals surface area contributed by atoms with Gasteiger partial charge < -0.3 is 19.9 Å². The number of alkyl halides is 3. The largest absolute Gasteiger partial charge is 0.494 e. The lowest BCUT2D eigenvalue weighted by molar-refractivity contribution is -0.137. The number of rotatable bonds is 15. The Labute approximate surface area is 281 Å². The molecule has 0 spiro atoms. The van der Waals surface area contributed by atoms with E-state index < -0.39 is 11.7 Å². The number of hydrogen-bond donors (Lipinski definition) is 1. The van der Waals surface area contributed by atoms with Crippen LogP contribution in [0.15, 0.2) is 71.6 Å². The highest BCUT2D eigenvalue weighted by Crippen LogP contribution is 2.33. The number of hydrogen-bond acceptors (Lipinski definition) is 5. The summed E-state index contributed by atoms with van der Waals surface area (Å²) in [7, 11) is 1.81. The van der Waals surface area contributed by atoms with E-state index >= 15 is 0 Å². The van der Waals surface area contributed by atoms with Crippen LogP contribution in [0.4, 0.5) is 13.2 Å². The molecule has 1 aliphatic heterocycles. The van der Waals surface area contributed by atoms with Crippen molar-refractivity contribution in [1.29, 1.82) is 0 Å². The first kappa shape index (κ1) is 36.3. The number of unbranched alkanes of at least 4 members (excludes halogenated alkanes) is 1. The lowest BCUT2D eigenvalue weighted by Gasteiger charge is -2.37. The van der Waals surface area contributed by atoms with Gasteiger partial charge in [0.15, 0.2) is 0 Å². The molecule has 1 aliphatic rings. The Balaban J connectivity index is 1.15. The zero-order valence-electron chi connectivity index (χ0n) is 27.6. The number of thioether (sulfide) groups is 1. The monoisotopic (exact) mass is 669 g/mol. The number of nitrogens with zero attached hydrogens (tertiary/aromatic N) is 2. The molecule has 10 heteroatoms. The smallest absolute Gasteiger partial charge is 0.416 e. The third kappa shape index (κ3) is 10.2. The number of nitrogens with one attached hydrogen (secondary N) is 1. The summed E-state index contributed by atoms with van der Waals surface area (Å²) in [5, 5.41) is 3.06. The van der Waals surface area contributed by atoms with Gasteiger partial charge in [0, 0.05) is 55.2 Å². The summed E-state index contributed by atoms with van der Waals surface area (Å²) in [6, 6.07) is 18.2. The van der Waals surface area contributed by atoms with Gasteiger partial charge in [-0.2, -0.15) is 13.2 Å². The highest BCUT2D eigenvalue weighted by Gasteiger charge is 2.31. The highest BCUT2D eigenvalue weighted by molar-refractivity contribution is 7.98. The lowest BCUT2D eigenvalue weighted by atomic mass is 9.96. The molecular formula is C37H46F3N3O3S. The summed E-state index contributed by atoms with van der Waals surface area (Å²) in [5.41, 5.74) is 2.15. The fourth-order valence-electron chi connectivity index (χ4n) is 6.12. The van der Waals surface area contributed by atoms with E-state index in [4.69, 9.17) is 4.74 Å². The van der Waals surface area contributed by atoms with E-state index in [0.29, 0.717) is 36.3 Å². The molecule has 0 bridgehead atoms. The third-order valence-corrected chi connectivity index (χ3v) is 9.59. The van der Waals surface area contributed by atoms with Gasteiger partial charge in [0.05, 0.1) is 12.2 Å². The van der Waals surface area contributed by atoms with Crippen molar-refractivity contribution in [3.05, 3.63) is 83.4 Å². The van der Waals surface area contributed by atoms with Crippen LogP contribution in [0.25, 0.3) is 11.1 Å². The zero-order valence-corrected chi connectivity index (χ0v) is 28.4. The Kier molecular flexibility index (Phi) is 13.6. The van der Waals surface area contributed by atoms with Gasteiger partial charge in [0.25, 0.3) is 5.91 Å². The molecule has 1 N–H and O–H groups in total. The van der Waals surface area contributed by atoms with E-state index in [1.807, 2.05) is 26.1 Å². The molecule has 0 aliphatic carbocycles. The third-order valence-electron chi connectivity index (χ3n) is 8.77. The van der Waals surface area contributed by atoms with Gasteiger partial charge in [-0.1, -0.05) is 36.4 Å². The first-order valence-electron chi connectivity index (χ1n) is 16.4. The Morgan fingerprint density at radius 3 is 2.38 bits per heavy atom. The topological polar surface area (TPSA) is 61.9 Å². The predicted octanol–water partition coefficient (Wildman–Crippen LogP) is 7.95. The Bertz CT molecular complexity index is 1460. The molecule has 47 heavy (non-hydrogen) atoms. The SMILES string of the molecule is CCOc1cccc(SC)c1CCCC(=O)NCCCCN1CCC(N(C)C(=O)c2ccccc2-c2ccc(C(F)(F)F)cc2)CC1. The van der Waals surface area contributed by atoms with Crippen molar-refractivity contribution in [2.45, 2.75) is 69.0 Å². The molecular weight excluding hydrogens is 623 g/mol. The number of ether oxygens (including phenoxy) is 1. The summed E-state index contributed by atoms with van der Waals surface area (Å²) in [6.45, 7) is 5.98. The summed E-state index contributed by atoms with van der Waals surface area (Å²) >= 11 is 1.70. The van der Waals surface area contributed by atoms with Crippen molar-refractivity contribution in [1.82, 2.24) is 15.1 Å². The van der Waals surface area contributed by atoms with Crippen molar-refractivity contribution >= 4 is 23.6 Å². The van der Waals surface area contributed by atoms with Crippen LogP contribution in [0.3, 0.4) is 0 Å². The van der Waals surface area contributed by atoms with Gasteiger partial charge in [-0.25, -0.2) is 0 Å². The van der Waals surface area contributed by atoms with Crippen LogP contribution in [0.5, 0.6) is 5.75 Å². The molecule has 0 atom stereocenters. The fourth-order valence-corrected chi connectivity index (χ4v) is 6.79. The summed E-state index contributed by atoms with van der Waals surface area (Å²) in [6.07, 6.45) is 3.32. The van der Waals surface area contributed by atoms with Gasteiger partial charge in [-0.15, -0.1) is 11.8 Å². The minimum Gasteiger partial charge on any atom is -0.494 e. The van der Waals surface area contributed by atoms with Crippen molar-refractivity contribution < 1.29 is 27.5 Å². The Morgan fingerprint density at radius 1 is 0.979 bits per heavy atom. The number of piperidine rings is 1. The van der Waals surface area contributed by atoms with Crippen molar-refractivity contribution in [2.24, 2.45) is 0 Å². The average molecular weight is 670 g/mol. The Morgan fingerprint density at radius 2 is 1.70 bits per heavy atom. The number of amides is 2. The molecule has 3 aromatic carbocycles. The molecule has 0 radical (unpaired) electrons. The number of benzene rings is 3. The number of carbonyl (C=O) groups excluding carboxylic acids is 2. The van der Waals surface area contributed by atoms with Gasteiger partial charge in [0.2, 0.25) is 5.91 Å². The number of likely N-dealkylation sites (tertiary alicyclic amines) is 1. The fraction of sp³-hybridized carbons (Fsp3) is 0.459. The maximum atomic E-state index is 13.5. The first-order chi connectivity index (χ1) is 22.6. The van der Waals surface area contributed by atoms with Crippen LogP contribution in [0.2, 0.25) is 0 Å². The van der Waals surface area contributed by atoms with Crippen molar-refractivity contribution in [3.8, 4) is 16.9 Å². The maximum Gasteiger partial charge on any atom is 0.416 e. The summed E-state index contributed by atoms with van der Waals surface area (Å²) in [4.78, 5) is 31.4. The van der Waals surface area contributed by atoms with Gasteiger partial charge in [-0.05, 0) is 99.7 Å². The standard InChI is InChI=1S/C37H46F3N3O3S/c1-4-46-33-14-10-15-34(47-3)32(33)13-9-16-35(44)41-23-7-8-24-43-25-21-29(22-26-43)42(2)36(45)31-12-6-5-11-30(31)27-17-19-28(20-18-27)37(38,39)40/h5-6,10-12,14-15,17-20,29H,4,7-9,13,16,21-26H2,1-3H3,(H,41,44). The molecule has 0 aromatic heterocycles. The summed E-state index contributed by atoms with van der Waals surface area (Å²) < 4.78 is 44.9. The Hall–Kier alpha value is -3.50. The average Bonchev–Trinajstić information content (AvgIpc) is 3.08. The van der Waals surface area contributed by atoms with Gasteiger partial charge in [0.1, 0.15) is 5.75 Å². The second-order valence-corrected chi connectivity index (χ2v) is 12.7. The van der Waals surface area contributed by atoms with E-state index in [-0.39, 0.29) is 17.9 Å². The summed E-state index contributed by atoms with van der Waals surface area (Å²) in [5.74, 6) is 0.861. The lowest BCUT2D eigenvalue weighted by Crippen LogP contribution is -2.45. The van der Waals surface area contributed by atoms with Crippen LogP contribution in [-0.2, 0) is 17.4 Å². The number of halogens is 3. The van der Waals surface area contributed by atoms with E-state index in [1.54, 1.807) is 40.9 Å². The van der Waals surface area contributed by atoms with Crippen LogP contribution >= 0.6 is 11.8 Å². The van der Waals surface area contributed by atoms with E-state index in [9.17, 15) is 22.8 Å². The van der Waals surface area contributed by atoms with Crippen LogP contribution in [0.1, 0.15) is 66.9 Å². The van der Waals surface area contributed by atoms with Crippen molar-refractivity contribution in [2.75, 3.05) is 46.1 Å². The molecule has 1 saturated heterocycles.